The van der Waals surface area contributed by atoms with Crippen LogP contribution in [0.3, 0.4) is 0 Å². The highest BCUT2D eigenvalue weighted by Crippen LogP contribution is 2.68. The first-order valence-electron chi connectivity index (χ1n) is 22.3. The number of carboxylic acids is 1. The highest BCUT2D eigenvalue weighted by Gasteiger charge is 2.63. The minimum atomic E-state index is -0.682. The molecule has 8 heteroatoms. The molecule has 2 N–H and O–H groups in total. The Morgan fingerprint density at radius 2 is 1.20 bits per heavy atom. The number of aliphatic hydroxyl groups excluding tert-OH is 1. The summed E-state index contributed by atoms with van der Waals surface area (Å²) in [7, 11) is 0. The molecule has 8 nitrogen and oxygen atoms in total. The normalized spacial score (nSPS) is 43.4. The third kappa shape index (κ3) is 7.18. The molecule has 310 valence electrons. The van der Waals surface area contributed by atoms with Gasteiger partial charge in [-0.2, -0.15) is 0 Å². The summed E-state index contributed by atoms with van der Waals surface area (Å²) in [5.41, 5.74) is 1.91. The molecule has 6 fully saturated rings. The summed E-state index contributed by atoms with van der Waals surface area (Å²) < 4.78 is 0. The van der Waals surface area contributed by atoms with Crippen molar-refractivity contribution in [3.8, 4) is 0 Å². The number of unbranched alkanes of at least 4 members (excludes halogenated alkanes) is 2. The van der Waals surface area contributed by atoms with Gasteiger partial charge in [0.25, 0.3) is 0 Å². The first-order valence-corrected chi connectivity index (χ1v) is 22.3. The van der Waals surface area contributed by atoms with Gasteiger partial charge in [0.15, 0.2) is 17.3 Å². The van der Waals surface area contributed by atoms with E-state index in [0.29, 0.717) is 53.5 Å². The van der Waals surface area contributed by atoms with Crippen LogP contribution in [0.25, 0.3) is 0 Å². The van der Waals surface area contributed by atoms with Gasteiger partial charge in [-0.05, 0) is 163 Å². The van der Waals surface area contributed by atoms with Gasteiger partial charge in [-0.25, -0.2) is 0 Å². The van der Waals surface area contributed by atoms with E-state index in [4.69, 9.17) is 5.11 Å². The molecule has 0 aromatic heterocycles. The van der Waals surface area contributed by atoms with Crippen molar-refractivity contribution in [2.45, 2.75) is 170 Å². The van der Waals surface area contributed by atoms with Crippen LogP contribution in [0.1, 0.15) is 164 Å². The predicted octanol–water partition coefficient (Wildman–Crippen LogP) is 9.25. The Balaban J connectivity index is 0.000000160. The zero-order valence-corrected chi connectivity index (χ0v) is 35.4. The molecule has 0 heterocycles. The van der Waals surface area contributed by atoms with Crippen LogP contribution in [-0.4, -0.2) is 51.2 Å². The van der Waals surface area contributed by atoms with Gasteiger partial charge in [0.05, 0.1) is 17.9 Å². The quantitative estimate of drug-likeness (QED) is 0.201. The maximum absolute atomic E-state index is 12.8. The van der Waals surface area contributed by atoms with Gasteiger partial charge in [0.2, 0.25) is 0 Å². The molecule has 8 aliphatic carbocycles. The van der Waals surface area contributed by atoms with Crippen molar-refractivity contribution < 1.29 is 39.0 Å². The molecule has 4 unspecified atom stereocenters. The van der Waals surface area contributed by atoms with E-state index in [-0.39, 0.29) is 58.3 Å². The van der Waals surface area contributed by atoms with Gasteiger partial charge in [-0.3, -0.25) is 28.8 Å². The van der Waals surface area contributed by atoms with Gasteiger partial charge >= 0.3 is 5.97 Å². The minimum absolute atomic E-state index is 0.0101. The molecule has 0 aromatic carbocycles. The number of Topliss-reactive ketones (excluding diaryl/α,β-unsaturated/α-hetero) is 3. The zero-order valence-electron chi connectivity index (χ0n) is 35.4. The average molecular weight is 775 g/mol. The van der Waals surface area contributed by atoms with Crippen LogP contribution in [0.2, 0.25) is 0 Å². The van der Waals surface area contributed by atoms with E-state index in [2.05, 4.69) is 34.6 Å². The molecule has 0 saturated heterocycles. The molecule has 56 heavy (non-hydrogen) atoms. The SMILES string of the molecule is CC(=O)[C@H]1CCC2C3CCC4=CC(=O)CC(=O)[C@]4(C)C3CC[C@@]21C.CC(=O)[C@H]1CC[C@H]2[C@@H]3CCC4=CC(=O)CC(O)[C@]4(C)[C@H]3CC[C@]12C.CCCCCC(=O)O. The van der Waals surface area contributed by atoms with E-state index in [0.717, 1.165) is 102 Å². The summed E-state index contributed by atoms with van der Waals surface area (Å²) in [6.07, 6.45) is 19.3. The summed E-state index contributed by atoms with van der Waals surface area (Å²) in [4.78, 5) is 70.8. The average Bonchev–Trinajstić information content (AvgIpc) is 3.67. The van der Waals surface area contributed by atoms with E-state index in [9.17, 15) is 33.9 Å². The van der Waals surface area contributed by atoms with Gasteiger partial charge in [-0.15, -0.1) is 0 Å². The highest BCUT2D eigenvalue weighted by molar-refractivity contribution is 6.11. The third-order valence-corrected chi connectivity index (χ3v) is 17.9. The van der Waals surface area contributed by atoms with Crippen molar-refractivity contribution in [3.63, 3.8) is 0 Å². The maximum atomic E-state index is 12.8. The number of carbonyl (C=O) groups excluding carboxylic acids is 5. The van der Waals surface area contributed by atoms with Crippen LogP contribution in [-0.2, 0) is 28.8 Å². The number of allylic oxidation sites excluding steroid dienone is 1. The molecular weight excluding hydrogens is 705 g/mol. The number of aliphatic carboxylic acids is 1. The van der Waals surface area contributed by atoms with Crippen molar-refractivity contribution in [2.24, 2.45) is 69.0 Å². The smallest absolute Gasteiger partial charge is 0.303 e. The number of carbonyl (C=O) groups is 6. The fraction of sp³-hybridized carbons (Fsp3) is 0.792. The zero-order chi connectivity index (χ0) is 41.0. The summed E-state index contributed by atoms with van der Waals surface area (Å²) in [6.45, 7) is 14.6. The molecule has 0 aromatic rings. The maximum Gasteiger partial charge on any atom is 0.303 e. The number of ketones is 5. The van der Waals surface area contributed by atoms with Crippen molar-refractivity contribution in [3.05, 3.63) is 23.3 Å². The molecule has 0 bridgehead atoms. The Bertz CT molecular complexity index is 1670. The first kappa shape index (κ1) is 42.9. The van der Waals surface area contributed by atoms with Crippen LogP contribution in [0.4, 0.5) is 0 Å². The molecule has 8 rings (SSSR count). The van der Waals surface area contributed by atoms with E-state index in [1.165, 1.54) is 5.57 Å². The van der Waals surface area contributed by atoms with Crippen molar-refractivity contribution in [2.75, 3.05) is 0 Å². The molecule has 0 radical (unpaired) electrons. The van der Waals surface area contributed by atoms with E-state index < -0.39 is 17.5 Å². The monoisotopic (exact) mass is 775 g/mol. The molecule has 0 amide bonds. The second kappa shape index (κ2) is 16.1. The van der Waals surface area contributed by atoms with Crippen molar-refractivity contribution in [1.29, 1.82) is 0 Å². The first-order chi connectivity index (χ1) is 26.3. The summed E-state index contributed by atoms with van der Waals surface area (Å²) in [5.74, 6) is 3.81. The van der Waals surface area contributed by atoms with Gasteiger partial charge in [0, 0.05) is 30.1 Å². The number of fused-ring (bicyclic) bond motifs is 10. The number of hydrogen-bond donors (Lipinski definition) is 2. The number of carboxylic acid groups (broad SMARTS) is 1. The number of rotatable bonds is 6. The highest BCUT2D eigenvalue weighted by atomic mass is 16.4. The molecule has 0 aliphatic heterocycles. The lowest BCUT2D eigenvalue weighted by Crippen LogP contribution is -2.55. The molecule has 6 saturated carbocycles. The van der Waals surface area contributed by atoms with E-state index in [1.54, 1.807) is 19.9 Å². The predicted molar refractivity (Wildman–Crippen MR) is 215 cm³/mol. The Morgan fingerprint density at radius 1 is 0.679 bits per heavy atom. The summed E-state index contributed by atoms with van der Waals surface area (Å²) in [5, 5.41) is 18.9. The van der Waals surface area contributed by atoms with E-state index >= 15 is 0 Å². The molecule has 13 atom stereocenters. The Labute approximate surface area is 335 Å². The van der Waals surface area contributed by atoms with Crippen LogP contribution in [0, 0.1) is 69.0 Å². The van der Waals surface area contributed by atoms with E-state index in [1.807, 2.05) is 6.08 Å². The van der Waals surface area contributed by atoms with Crippen molar-refractivity contribution in [1.82, 2.24) is 0 Å². The van der Waals surface area contributed by atoms with Crippen molar-refractivity contribution >= 4 is 34.9 Å². The second-order valence-corrected chi connectivity index (χ2v) is 20.3. The lowest BCUT2D eigenvalue weighted by atomic mass is 9.46. The standard InChI is InChI=1S/C21H30O3.C21H28O3.C6H12O2/c2*1-12(22)16-6-7-17-15-5-4-13-10-14(23)11-19(24)21(13,3)18(15)8-9-20(16,17)2;1-2-3-4-5-6(7)8/h10,15-19,24H,4-9,11H2,1-3H3;10,15-18H,4-9,11H2,1-3H3;2-5H2,1H3,(H,7,8)/t15-,16+,17-,18-,19?,20+,21-;15?,16-,17?,18?,20-,21+;/m01./s1. The molecule has 0 spiro atoms. The largest absolute Gasteiger partial charge is 0.481 e. The van der Waals surface area contributed by atoms with Gasteiger partial charge in [-0.1, -0.05) is 51.7 Å². The van der Waals surface area contributed by atoms with Gasteiger partial charge < -0.3 is 10.2 Å². The van der Waals surface area contributed by atoms with Gasteiger partial charge in [0.1, 0.15) is 11.6 Å². The van der Waals surface area contributed by atoms with Crippen LogP contribution in [0.5, 0.6) is 0 Å². The Hall–Kier alpha value is -2.74. The molecule has 8 aliphatic rings. The van der Waals surface area contributed by atoms with Crippen LogP contribution < -0.4 is 0 Å². The molecular formula is C48H70O8. The minimum Gasteiger partial charge on any atom is -0.481 e. The summed E-state index contributed by atoms with van der Waals surface area (Å²) >= 11 is 0. The summed E-state index contributed by atoms with van der Waals surface area (Å²) in [6, 6.07) is 0. The fourth-order valence-electron chi connectivity index (χ4n) is 14.9. The fourth-order valence-corrected chi connectivity index (χ4v) is 14.9. The Morgan fingerprint density at radius 3 is 1.73 bits per heavy atom. The van der Waals surface area contributed by atoms with Crippen LogP contribution >= 0.6 is 0 Å². The number of aliphatic hydroxyl groups is 1. The lowest BCUT2D eigenvalue weighted by Gasteiger charge is -2.59. The second-order valence-electron chi connectivity index (χ2n) is 20.3. The van der Waals surface area contributed by atoms with Crippen LogP contribution in [0.15, 0.2) is 23.3 Å². The lowest BCUT2D eigenvalue weighted by molar-refractivity contribution is -0.142. The third-order valence-electron chi connectivity index (χ3n) is 17.9. The topological polar surface area (TPSA) is 143 Å². The Kier molecular flexibility index (Phi) is 12.3. The number of hydrogen-bond acceptors (Lipinski definition) is 7.